The number of nitrogens with one attached hydrogen (secondary N) is 5. The van der Waals surface area contributed by atoms with Crippen LogP contribution >= 0.6 is 43.1 Å². The van der Waals surface area contributed by atoms with Gasteiger partial charge in [-0.1, -0.05) is 42.4 Å². The molecule has 0 radical (unpaired) electrons. The zero-order valence-electron chi connectivity index (χ0n) is 47.2. The quantitative estimate of drug-likeness (QED) is 0.0234. The van der Waals surface area contributed by atoms with Crippen molar-refractivity contribution in [1.29, 1.82) is 0 Å². The summed E-state index contributed by atoms with van der Waals surface area (Å²) in [5, 5.41) is 51.8. The van der Waals surface area contributed by atoms with Gasteiger partial charge in [0.25, 0.3) is 5.56 Å². The van der Waals surface area contributed by atoms with E-state index >= 15 is 0 Å². The number of aliphatic hydroxyl groups excluding tert-OH is 4. The fourth-order valence-corrected chi connectivity index (χ4v) is 16.8. The van der Waals surface area contributed by atoms with Gasteiger partial charge in [-0.3, -0.25) is 52.3 Å². The van der Waals surface area contributed by atoms with Gasteiger partial charge in [0.1, 0.15) is 36.3 Å². The number of Topliss-reactive ketones (excluding diaryl/α,β-unsaturated/α-hetero) is 1. The monoisotopic (exact) mass is 1350 g/mol. The van der Waals surface area contributed by atoms with Crippen molar-refractivity contribution in [2.24, 2.45) is 5.92 Å². The van der Waals surface area contributed by atoms with Crippen LogP contribution in [0.25, 0.3) is 6.08 Å². The number of hydrogen-bond donors (Lipinski definition) is 14. The lowest BCUT2D eigenvalue weighted by atomic mass is 9.94. The SMILES string of the molecule is C[N+]1=C=[N+]([C@@H]2O[C@H](COP(=O)(O)OP(=O)(O)OP(=O)(O)OP(=O)(O)OC[C@H]3O[C@@H](n4cc(/C=C/CNC(=O)CCCCCCC(=O)CCCCCNC(=O)CCCC[C@H]5SC[C@H]6NC(=O)C[C@H]65)c(=O)[nH]c4=O)C(O)[C@H]3O)C(O)C2O)c2nc(N)[nH]c(=O)c21. The third-order valence-corrected chi connectivity index (χ3v) is 22.0. The number of thioether (sulfide) groups is 1. The van der Waals surface area contributed by atoms with Crippen molar-refractivity contribution in [3.05, 3.63) is 49.0 Å². The number of aromatic nitrogens is 4. The summed E-state index contributed by atoms with van der Waals surface area (Å²) in [6.45, 7) is -1.99. The van der Waals surface area contributed by atoms with Crippen LogP contribution in [0.5, 0.6) is 0 Å². The number of phosphoric acid groups is 4. The number of ketones is 1. The van der Waals surface area contributed by atoms with Gasteiger partial charge in [0, 0.05) is 74.4 Å². The lowest BCUT2D eigenvalue weighted by Gasteiger charge is -2.21. The van der Waals surface area contributed by atoms with E-state index < -0.39 is 110 Å². The molecule has 36 nitrogen and oxygen atoms in total. The van der Waals surface area contributed by atoms with Crippen molar-refractivity contribution in [3.63, 3.8) is 0 Å². The Bertz CT molecular complexity index is 3380. The Labute approximate surface area is 504 Å². The van der Waals surface area contributed by atoms with Gasteiger partial charge in [0.15, 0.2) is 19.4 Å². The maximum Gasteiger partial charge on any atom is 0.493 e. The van der Waals surface area contributed by atoms with Crippen molar-refractivity contribution in [3.8, 4) is 0 Å². The Morgan fingerprint density at radius 3 is 2.01 bits per heavy atom. The predicted octanol–water partition coefficient (Wildman–Crippen LogP) is -0.546. The topological polar surface area (TPSA) is 532 Å². The zero-order chi connectivity index (χ0) is 64.3. The number of fused-ring (bicyclic) bond motifs is 2. The summed E-state index contributed by atoms with van der Waals surface area (Å²) in [6.07, 6.45) is -1.33. The number of nitrogens with zero attached hydrogens (tertiary/aromatic N) is 4. The minimum absolute atomic E-state index is 0.0282. The van der Waals surface area contributed by atoms with Crippen LogP contribution in [0, 0.1) is 5.92 Å². The lowest BCUT2D eigenvalue weighted by Crippen LogP contribution is -2.38. The average molecular weight is 1350 g/mol. The van der Waals surface area contributed by atoms with E-state index in [0.29, 0.717) is 73.3 Å². The number of aliphatic hydroxyl groups is 4. The number of amides is 3. The van der Waals surface area contributed by atoms with Gasteiger partial charge < -0.3 is 71.2 Å². The van der Waals surface area contributed by atoms with Gasteiger partial charge in [-0.05, 0) is 43.1 Å². The molecule has 0 spiro atoms. The van der Waals surface area contributed by atoms with E-state index in [9.17, 15) is 91.8 Å². The van der Waals surface area contributed by atoms with Crippen molar-refractivity contribution in [2.45, 2.75) is 157 Å². The lowest BCUT2D eigenvalue weighted by molar-refractivity contribution is -0.551. The second-order valence-corrected chi connectivity index (χ2v) is 28.7. The minimum Gasteiger partial charge on any atom is -0.387 e. The second kappa shape index (κ2) is 31.0. The number of H-pyrrole nitrogens is 2. The number of aromatic amines is 2. The highest BCUT2D eigenvalue weighted by atomic mass is 32.2. The first-order valence-electron chi connectivity index (χ1n) is 27.9. The van der Waals surface area contributed by atoms with Crippen LogP contribution in [0.2, 0.25) is 0 Å². The molecule has 0 bridgehead atoms. The molecule has 7 unspecified atom stereocenters. The first kappa shape index (κ1) is 70.7. The number of nitrogens with two attached hydrogens (primary N) is 1. The standard InChI is InChI=1S/C47H70N10O26P4S/c1-55-25-57(41-36(55)43(67)53-46(48)52-41)45-40(65)38(63)31(80-45)23-78-85(71,72)82-87(75,76)83-86(73,74)81-84(69,70)77-22-30-37(62)39(64)44(79-30)56-21-26(42(66)54-47(56)68)12-11-19-50-33(59)16-7-3-2-5-13-27(58)14-6-4-10-18-49-34(60)17-9-8-15-32-28-20-35(61)51-29(28)24-88-32/h11-12,21,28-32,37-40,44-45,62-65H,2-10,13-20,22-24H2,1H3,(H9-2,48,49,50,51,52,53,54,59,60,61,66,67,68,69,70,71,72,73,74,75,76)/p+2/b12-11+/t28-,29-,30-,31-,32-,37+,38?,39?,40?,44-,45-/m1/s1. The van der Waals surface area contributed by atoms with Crippen molar-refractivity contribution >= 4 is 96.1 Å². The van der Waals surface area contributed by atoms with E-state index in [4.69, 9.17) is 15.2 Å². The van der Waals surface area contributed by atoms with Gasteiger partial charge in [-0.15, -0.1) is 4.98 Å². The molecule has 15 atom stereocenters. The highest BCUT2D eigenvalue weighted by Gasteiger charge is 2.56. The molecular formula is C47H72N10O26P4S+2. The molecular weight excluding hydrogens is 1280 g/mol. The molecule has 0 aromatic carbocycles. The molecule has 7 rings (SSSR count). The number of carbonyl (C=O) groups excluding carboxylic acids is 4. The first-order valence-corrected chi connectivity index (χ1v) is 34.9. The van der Waals surface area contributed by atoms with Crippen LogP contribution in [-0.2, 0) is 68.9 Å². The number of carbonyl (C=O) groups is 4. The number of hydrogen-bond acceptors (Lipinski definition) is 25. The van der Waals surface area contributed by atoms with Gasteiger partial charge >= 0.3 is 66.3 Å². The van der Waals surface area contributed by atoms with E-state index in [-0.39, 0.29) is 59.5 Å². The zero-order valence-corrected chi connectivity index (χ0v) is 51.6. The van der Waals surface area contributed by atoms with Gasteiger partial charge in [-0.2, -0.15) is 24.7 Å². The average Bonchev–Trinajstić information content (AvgIpc) is 1.67. The van der Waals surface area contributed by atoms with E-state index in [2.05, 4.69) is 53.9 Å². The molecule has 0 aliphatic carbocycles. The van der Waals surface area contributed by atoms with Crippen LogP contribution in [0.4, 0.5) is 17.5 Å². The summed E-state index contributed by atoms with van der Waals surface area (Å²) in [7, 11) is -23.2. The fourth-order valence-electron chi connectivity index (χ4n) is 10.2. The molecule has 88 heavy (non-hydrogen) atoms. The Balaban J connectivity index is 0.747. The molecule has 4 fully saturated rings. The van der Waals surface area contributed by atoms with E-state index in [0.717, 1.165) is 66.0 Å². The van der Waals surface area contributed by atoms with Crippen molar-refractivity contribution in [1.82, 2.24) is 35.5 Å². The molecule has 4 saturated heterocycles. The summed E-state index contributed by atoms with van der Waals surface area (Å²) in [4.78, 5) is 135. The first-order chi connectivity index (χ1) is 41.4. The summed E-state index contributed by atoms with van der Waals surface area (Å²) in [5.74, 6) is 0.886. The highest BCUT2D eigenvalue weighted by Crippen LogP contribution is 2.71. The normalized spacial score (nSPS) is 27.6. The van der Waals surface area contributed by atoms with Crippen LogP contribution < -0.4 is 38.5 Å². The minimum atomic E-state index is -6.35. The number of rotatable bonds is 35. The molecule has 490 valence electrons. The molecule has 5 aliphatic rings. The molecule has 2 aromatic rings. The largest absolute Gasteiger partial charge is 0.493 e. The Hall–Kier alpha value is -4.77. The van der Waals surface area contributed by atoms with Crippen molar-refractivity contribution < 1.29 is 118 Å². The summed E-state index contributed by atoms with van der Waals surface area (Å²) >= 11 is 1.92. The van der Waals surface area contributed by atoms with Gasteiger partial charge in [0.05, 0.1) is 18.8 Å². The number of phosphoric ester groups is 2. The van der Waals surface area contributed by atoms with Crippen LogP contribution in [0.3, 0.4) is 0 Å². The highest BCUT2D eigenvalue weighted by molar-refractivity contribution is 8.00. The number of unbranched alkanes of at least 4 members (excludes halogenated alkanes) is 6. The maximum atomic E-state index is 12.8. The van der Waals surface area contributed by atoms with Gasteiger partial charge in [0.2, 0.25) is 23.7 Å². The fraction of sp³-hybridized carbons (Fsp3) is 0.681. The summed E-state index contributed by atoms with van der Waals surface area (Å²) in [5.41, 5.74) is 2.52. The number of nitrogen functional groups attached to an aromatic ring is 1. The Kier molecular flexibility index (Phi) is 24.9. The smallest absolute Gasteiger partial charge is 0.387 e. The molecule has 5 aliphatic heterocycles. The maximum absolute atomic E-state index is 12.8. The third-order valence-electron chi connectivity index (χ3n) is 14.5. The van der Waals surface area contributed by atoms with Crippen LogP contribution in [-0.4, -0.2) is 191 Å². The predicted molar refractivity (Wildman–Crippen MR) is 303 cm³/mol. The van der Waals surface area contributed by atoms with E-state index in [1.54, 1.807) is 0 Å². The van der Waals surface area contributed by atoms with E-state index in [1.165, 1.54) is 19.2 Å². The van der Waals surface area contributed by atoms with Crippen molar-refractivity contribution in [2.75, 3.05) is 44.8 Å². The number of anilines is 1. The molecule has 7 heterocycles. The second-order valence-electron chi connectivity index (χ2n) is 21.2. The summed E-state index contributed by atoms with van der Waals surface area (Å²) < 4.78 is 84.9. The summed E-state index contributed by atoms with van der Waals surface area (Å²) in [6, 6.07) is 2.90. The molecule has 0 saturated carbocycles. The Morgan fingerprint density at radius 1 is 0.773 bits per heavy atom. The number of ether oxygens (including phenoxy) is 2. The third kappa shape index (κ3) is 19.9. The molecule has 15 N–H and O–H groups in total. The van der Waals surface area contributed by atoms with Crippen LogP contribution in [0.1, 0.15) is 108 Å². The molecule has 2 aromatic heterocycles. The van der Waals surface area contributed by atoms with Gasteiger partial charge in [-0.25, -0.2) is 23.1 Å². The van der Waals surface area contributed by atoms with Crippen LogP contribution in [0.15, 0.2) is 26.7 Å². The molecule has 3 amide bonds. The Morgan fingerprint density at radius 2 is 1.35 bits per heavy atom. The van der Waals surface area contributed by atoms with E-state index in [1.807, 2.05) is 16.7 Å². The molecule has 41 heteroatoms.